The Morgan fingerprint density at radius 1 is 1.15 bits per heavy atom. The molecule has 1 atom stereocenters. The highest BCUT2D eigenvalue weighted by Gasteiger charge is 2.17. The molecule has 0 bridgehead atoms. The first-order chi connectivity index (χ1) is 12.9. The summed E-state index contributed by atoms with van der Waals surface area (Å²) in [6.45, 7) is 4.03. The van der Waals surface area contributed by atoms with Gasteiger partial charge in [0.1, 0.15) is 0 Å². The Morgan fingerprint density at radius 2 is 1.89 bits per heavy atom. The molecule has 1 amide bonds. The summed E-state index contributed by atoms with van der Waals surface area (Å²) in [6, 6.07) is 13.7. The predicted octanol–water partition coefficient (Wildman–Crippen LogP) is 4.55. The van der Waals surface area contributed by atoms with Gasteiger partial charge in [0.05, 0.1) is 0 Å². The van der Waals surface area contributed by atoms with E-state index in [1.807, 2.05) is 56.3 Å². The van der Waals surface area contributed by atoms with E-state index in [4.69, 9.17) is 5.11 Å². The monoisotopic (exact) mass is 385 g/mol. The number of aryl methyl sites for hydroxylation is 2. The second-order valence-corrected chi connectivity index (χ2v) is 7.73. The van der Waals surface area contributed by atoms with Crippen molar-refractivity contribution in [3.8, 4) is 11.1 Å². The van der Waals surface area contributed by atoms with E-state index in [0.29, 0.717) is 12.0 Å². The van der Waals surface area contributed by atoms with Crippen LogP contribution in [0.25, 0.3) is 11.1 Å². The van der Waals surface area contributed by atoms with E-state index in [2.05, 4.69) is 11.6 Å². The number of nitrogens with one attached hydrogen (secondary N) is 1. The van der Waals surface area contributed by atoms with Crippen LogP contribution < -0.4 is 5.32 Å². The zero-order chi connectivity index (χ0) is 19.8. The molecule has 0 heterocycles. The number of carboxylic acid groups (broad SMARTS) is 1. The number of rotatable bonds is 9. The van der Waals surface area contributed by atoms with Crippen LogP contribution in [0.1, 0.15) is 41.3 Å². The van der Waals surface area contributed by atoms with Crippen LogP contribution in [0.15, 0.2) is 42.5 Å². The van der Waals surface area contributed by atoms with Gasteiger partial charge in [-0.25, -0.2) is 0 Å². The van der Waals surface area contributed by atoms with Crippen molar-refractivity contribution in [3.05, 3.63) is 59.2 Å². The molecule has 0 aliphatic rings. The standard InChI is InChI=1S/C22H27NO3S/c1-15-6-4-5-7-18(15)20-14-17(9-11-21(24)25)8-10-19(20)22(26)23-16(2)12-13-27-3/h4-8,10,14,16H,9,11-13H2,1-3H3,(H,23,26)(H,24,25)/t16-/m1/s1. The molecule has 5 heteroatoms. The third-order valence-corrected chi connectivity index (χ3v) is 5.17. The van der Waals surface area contributed by atoms with E-state index >= 15 is 0 Å². The number of carbonyl (C=O) groups is 2. The third-order valence-electron chi connectivity index (χ3n) is 4.52. The average Bonchev–Trinajstić information content (AvgIpc) is 2.64. The quantitative estimate of drug-likeness (QED) is 0.664. The van der Waals surface area contributed by atoms with E-state index in [9.17, 15) is 9.59 Å². The van der Waals surface area contributed by atoms with Crippen LogP contribution in [-0.4, -0.2) is 35.0 Å². The van der Waals surface area contributed by atoms with E-state index in [1.54, 1.807) is 11.8 Å². The van der Waals surface area contributed by atoms with Crippen LogP contribution >= 0.6 is 11.8 Å². The molecule has 0 unspecified atom stereocenters. The molecule has 2 aromatic rings. The maximum Gasteiger partial charge on any atom is 0.303 e. The van der Waals surface area contributed by atoms with Crippen molar-refractivity contribution in [1.82, 2.24) is 5.32 Å². The van der Waals surface area contributed by atoms with E-state index in [-0.39, 0.29) is 18.4 Å². The molecule has 144 valence electrons. The number of benzene rings is 2. The van der Waals surface area contributed by atoms with Gasteiger partial charge in [-0.05, 0) is 67.0 Å². The van der Waals surface area contributed by atoms with Gasteiger partial charge in [0.15, 0.2) is 0 Å². The molecule has 0 aromatic heterocycles. The number of thioether (sulfide) groups is 1. The minimum atomic E-state index is -0.822. The SMILES string of the molecule is CSCC[C@@H](C)NC(=O)c1ccc(CCC(=O)O)cc1-c1ccccc1C. The van der Waals surface area contributed by atoms with Crippen molar-refractivity contribution in [2.24, 2.45) is 0 Å². The van der Waals surface area contributed by atoms with E-state index < -0.39 is 5.97 Å². The molecule has 0 aliphatic heterocycles. The largest absolute Gasteiger partial charge is 0.481 e. The minimum absolute atomic E-state index is 0.0739. The summed E-state index contributed by atoms with van der Waals surface area (Å²) in [7, 11) is 0. The molecule has 0 spiro atoms. The summed E-state index contributed by atoms with van der Waals surface area (Å²) in [6.07, 6.45) is 3.49. The second kappa shape index (κ2) is 10.2. The molecule has 4 nitrogen and oxygen atoms in total. The van der Waals surface area contributed by atoms with Gasteiger partial charge in [-0.2, -0.15) is 11.8 Å². The molecular weight excluding hydrogens is 358 g/mol. The average molecular weight is 386 g/mol. The Hall–Kier alpha value is -2.27. The molecule has 0 saturated carbocycles. The van der Waals surface area contributed by atoms with Crippen LogP contribution in [0.2, 0.25) is 0 Å². The Kier molecular flexibility index (Phi) is 7.92. The normalized spacial score (nSPS) is 11.8. The minimum Gasteiger partial charge on any atom is -0.481 e. The fraction of sp³-hybridized carbons (Fsp3) is 0.364. The highest BCUT2D eigenvalue weighted by atomic mass is 32.2. The van der Waals surface area contributed by atoms with Crippen molar-refractivity contribution < 1.29 is 14.7 Å². The van der Waals surface area contributed by atoms with Gasteiger partial charge in [-0.15, -0.1) is 0 Å². The van der Waals surface area contributed by atoms with E-state index in [1.165, 1.54) is 0 Å². The van der Waals surface area contributed by atoms with E-state index in [0.717, 1.165) is 34.4 Å². The van der Waals surface area contributed by atoms with Crippen LogP contribution in [0.3, 0.4) is 0 Å². The number of amides is 1. The molecule has 27 heavy (non-hydrogen) atoms. The van der Waals surface area contributed by atoms with Crippen LogP contribution in [0.4, 0.5) is 0 Å². The smallest absolute Gasteiger partial charge is 0.303 e. The van der Waals surface area contributed by atoms with Crippen molar-refractivity contribution in [1.29, 1.82) is 0 Å². The Bertz CT molecular complexity index is 804. The summed E-state index contributed by atoms with van der Waals surface area (Å²) in [5.74, 6) is 0.0868. The van der Waals surface area contributed by atoms with Gasteiger partial charge in [0, 0.05) is 18.0 Å². The Morgan fingerprint density at radius 3 is 2.56 bits per heavy atom. The lowest BCUT2D eigenvalue weighted by molar-refractivity contribution is -0.136. The summed E-state index contributed by atoms with van der Waals surface area (Å²) in [4.78, 5) is 23.8. The van der Waals surface area contributed by atoms with Crippen LogP contribution in [0.5, 0.6) is 0 Å². The summed E-state index contributed by atoms with van der Waals surface area (Å²) in [5, 5.41) is 12.0. The molecule has 2 aromatic carbocycles. The first-order valence-corrected chi connectivity index (χ1v) is 10.5. The third kappa shape index (κ3) is 6.14. The Labute approximate surface area is 165 Å². The van der Waals surface area contributed by atoms with Crippen molar-refractivity contribution >= 4 is 23.6 Å². The molecule has 0 radical (unpaired) electrons. The molecule has 0 aliphatic carbocycles. The molecule has 2 N–H and O–H groups in total. The van der Waals surface area contributed by atoms with Gasteiger partial charge >= 0.3 is 5.97 Å². The molecular formula is C22H27NO3S. The zero-order valence-corrected chi connectivity index (χ0v) is 16.9. The highest BCUT2D eigenvalue weighted by Crippen LogP contribution is 2.28. The van der Waals surface area contributed by atoms with Gasteiger partial charge in [0.25, 0.3) is 5.91 Å². The zero-order valence-electron chi connectivity index (χ0n) is 16.1. The van der Waals surface area contributed by atoms with Gasteiger partial charge < -0.3 is 10.4 Å². The van der Waals surface area contributed by atoms with Crippen molar-refractivity contribution in [2.75, 3.05) is 12.0 Å². The van der Waals surface area contributed by atoms with Crippen LogP contribution in [-0.2, 0) is 11.2 Å². The summed E-state index contributed by atoms with van der Waals surface area (Å²) >= 11 is 1.77. The lowest BCUT2D eigenvalue weighted by Crippen LogP contribution is -2.33. The first-order valence-electron chi connectivity index (χ1n) is 9.13. The summed E-state index contributed by atoms with van der Waals surface area (Å²) in [5.41, 5.74) is 4.47. The topological polar surface area (TPSA) is 66.4 Å². The lowest BCUT2D eigenvalue weighted by atomic mass is 9.92. The second-order valence-electron chi connectivity index (χ2n) is 6.74. The molecule has 0 saturated heterocycles. The number of carboxylic acids is 1. The lowest BCUT2D eigenvalue weighted by Gasteiger charge is -2.17. The van der Waals surface area contributed by atoms with Crippen LogP contribution in [0, 0.1) is 6.92 Å². The Balaban J connectivity index is 2.36. The molecule has 2 rings (SSSR count). The number of hydrogen-bond donors (Lipinski definition) is 2. The highest BCUT2D eigenvalue weighted by molar-refractivity contribution is 7.98. The van der Waals surface area contributed by atoms with Crippen molar-refractivity contribution in [3.63, 3.8) is 0 Å². The van der Waals surface area contributed by atoms with Gasteiger partial charge in [-0.3, -0.25) is 9.59 Å². The van der Waals surface area contributed by atoms with Gasteiger partial charge in [-0.1, -0.05) is 36.4 Å². The van der Waals surface area contributed by atoms with Crippen molar-refractivity contribution in [2.45, 2.75) is 39.2 Å². The fourth-order valence-electron chi connectivity index (χ4n) is 2.96. The number of aliphatic carboxylic acids is 1. The fourth-order valence-corrected chi connectivity index (χ4v) is 3.55. The maximum absolute atomic E-state index is 12.9. The molecule has 0 fully saturated rings. The maximum atomic E-state index is 12.9. The number of hydrogen-bond acceptors (Lipinski definition) is 3. The first kappa shape index (κ1) is 21.0. The number of carbonyl (C=O) groups excluding carboxylic acids is 1. The predicted molar refractivity (Wildman–Crippen MR) is 112 cm³/mol. The van der Waals surface area contributed by atoms with Gasteiger partial charge in [0.2, 0.25) is 0 Å². The summed E-state index contributed by atoms with van der Waals surface area (Å²) < 4.78 is 0.